The van der Waals surface area contributed by atoms with Crippen LogP contribution in [0.3, 0.4) is 0 Å². The first-order chi connectivity index (χ1) is 8.76. The fourth-order valence-electron chi connectivity index (χ4n) is 1.85. The van der Waals surface area contributed by atoms with Crippen molar-refractivity contribution in [3.63, 3.8) is 0 Å². The lowest BCUT2D eigenvalue weighted by molar-refractivity contribution is 0.412. The molecule has 0 fully saturated rings. The van der Waals surface area contributed by atoms with Crippen LogP contribution in [0.5, 0.6) is 5.75 Å². The molecule has 90 valence electrons. The number of nitrogens with zero attached hydrogens (tertiary/aromatic N) is 2. The number of imidazole rings is 1. The van der Waals surface area contributed by atoms with Crippen LogP contribution in [0.2, 0.25) is 5.02 Å². The van der Waals surface area contributed by atoms with Gasteiger partial charge in [-0.1, -0.05) is 23.7 Å². The summed E-state index contributed by atoms with van der Waals surface area (Å²) in [6.45, 7) is 0. The van der Waals surface area contributed by atoms with Gasteiger partial charge in [-0.05, 0) is 24.3 Å². The molecule has 0 aliphatic carbocycles. The molecule has 3 nitrogen and oxygen atoms in total. The lowest BCUT2D eigenvalue weighted by Crippen LogP contribution is -1.86. The van der Waals surface area contributed by atoms with Crippen molar-refractivity contribution in [2.75, 3.05) is 7.11 Å². The Balaban J connectivity index is 2.10. The van der Waals surface area contributed by atoms with Crippen LogP contribution >= 0.6 is 11.6 Å². The van der Waals surface area contributed by atoms with Crippen LogP contribution in [0.1, 0.15) is 0 Å². The third kappa shape index (κ3) is 1.93. The second-order valence-electron chi connectivity index (χ2n) is 3.97. The largest absolute Gasteiger partial charge is 0.495 e. The Morgan fingerprint density at radius 2 is 1.83 bits per heavy atom. The molecule has 0 saturated heterocycles. The summed E-state index contributed by atoms with van der Waals surface area (Å²) < 4.78 is 7.13. The molecule has 3 aromatic rings. The Kier molecular flexibility index (Phi) is 2.68. The van der Waals surface area contributed by atoms with Crippen molar-refractivity contribution in [3.8, 4) is 17.0 Å². The average Bonchev–Trinajstić information content (AvgIpc) is 2.82. The van der Waals surface area contributed by atoms with Gasteiger partial charge < -0.3 is 9.14 Å². The first-order valence-corrected chi connectivity index (χ1v) is 5.93. The van der Waals surface area contributed by atoms with Gasteiger partial charge in [-0.3, -0.25) is 0 Å². The number of fused-ring (bicyclic) bond motifs is 1. The molecule has 0 aliphatic heterocycles. The first-order valence-electron chi connectivity index (χ1n) is 5.55. The minimum Gasteiger partial charge on any atom is -0.495 e. The quantitative estimate of drug-likeness (QED) is 0.701. The minimum atomic E-state index is 0.726. The molecule has 4 heteroatoms. The average molecular weight is 259 g/mol. The van der Waals surface area contributed by atoms with E-state index in [0.717, 1.165) is 27.7 Å². The summed E-state index contributed by atoms with van der Waals surface area (Å²) in [5.41, 5.74) is 2.85. The van der Waals surface area contributed by atoms with E-state index >= 15 is 0 Å². The SMILES string of the molecule is COc1ccc2nc(-c3ccc(Cl)cc3)cn2c1. The lowest BCUT2D eigenvalue weighted by Gasteiger charge is -1.98. The molecular weight excluding hydrogens is 248 g/mol. The number of benzene rings is 1. The number of hydrogen-bond donors (Lipinski definition) is 0. The maximum Gasteiger partial charge on any atom is 0.137 e. The number of aromatic nitrogens is 2. The maximum absolute atomic E-state index is 5.88. The third-order valence-corrected chi connectivity index (χ3v) is 3.05. The zero-order chi connectivity index (χ0) is 12.5. The molecule has 0 spiro atoms. The lowest BCUT2D eigenvalue weighted by atomic mass is 10.2. The van der Waals surface area contributed by atoms with Gasteiger partial charge in [-0.2, -0.15) is 0 Å². The number of hydrogen-bond acceptors (Lipinski definition) is 2. The fraction of sp³-hybridized carbons (Fsp3) is 0.0714. The van der Waals surface area contributed by atoms with Crippen molar-refractivity contribution >= 4 is 17.2 Å². The Morgan fingerprint density at radius 3 is 2.56 bits per heavy atom. The second-order valence-corrected chi connectivity index (χ2v) is 4.40. The molecule has 3 rings (SSSR count). The van der Waals surface area contributed by atoms with Crippen molar-refractivity contribution in [2.45, 2.75) is 0 Å². The van der Waals surface area contributed by atoms with Crippen LogP contribution in [0.15, 0.2) is 48.8 Å². The summed E-state index contributed by atoms with van der Waals surface area (Å²) in [5.74, 6) is 0.808. The van der Waals surface area contributed by atoms with E-state index in [1.54, 1.807) is 7.11 Å². The van der Waals surface area contributed by atoms with Crippen molar-refractivity contribution < 1.29 is 4.74 Å². The summed E-state index contributed by atoms with van der Waals surface area (Å²) in [7, 11) is 1.65. The van der Waals surface area contributed by atoms with Gasteiger partial charge in [-0.25, -0.2) is 4.98 Å². The van der Waals surface area contributed by atoms with Gasteiger partial charge in [0, 0.05) is 16.8 Å². The molecule has 2 aromatic heterocycles. The van der Waals surface area contributed by atoms with E-state index in [0.29, 0.717) is 0 Å². The van der Waals surface area contributed by atoms with Crippen molar-refractivity contribution in [1.29, 1.82) is 0 Å². The Labute approximate surface area is 110 Å². The van der Waals surface area contributed by atoms with Crippen LogP contribution in [-0.4, -0.2) is 16.5 Å². The number of ether oxygens (including phenoxy) is 1. The van der Waals surface area contributed by atoms with Crippen LogP contribution in [-0.2, 0) is 0 Å². The van der Waals surface area contributed by atoms with E-state index in [-0.39, 0.29) is 0 Å². The summed E-state index contributed by atoms with van der Waals surface area (Å²) in [6, 6.07) is 11.5. The smallest absolute Gasteiger partial charge is 0.137 e. The second kappa shape index (κ2) is 4.35. The van der Waals surface area contributed by atoms with Gasteiger partial charge >= 0.3 is 0 Å². The molecule has 2 heterocycles. The predicted molar refractivity (Wildman–Crippen MR) is 72.2 cm³/mol. The Hall–Kier alpha value is -2.00. The number of pyridine rings is 1. The molecule has 18 heavy (non-hydrogen) atoms. The van der Waals surface area contributed by atoms with Crippen molar-refractivity contribution in [2.24, 2.45) is 0 Å². The van der Waals surface area contributed by atoms with E-state index in [1.165, 1.54) is 0 Å². The maximum atomic E-state index is 5.88. The molecule has 1 aromatic carbocycles. The summed E-state index contributed by atoms with van der Waals surface area (Å²) in [6.07, 6.45) is 3.88. The topological polar surface area (TPSA) is 26.5 Å². The van der Waals surface area contributed by atoms with Crippen LogP contribution in [0.25, 0.3) is 16.9 Å². The molecule has 0 unspecified atom stereocenters. The molecule has 0 N–H and O–H groups in total. The van der Waals surface area contributed by atoms with Crippen LogP contribution < -0.4 is 4.74 Å². The van der Waals surface area contributed by atoms with Crippen molar-refractivity contribution in [1.82, 2.24) is 9.38 Å². The van der Waals surface area contributed by atoms with E-state index in [2.05, 4.69) is 4.98 Å². The van der Waals surface area contributed by atoms with Crippen LogP contribution in [0.4, 0.5) is 0 Å². The van der Waals surface area contributed by atoms with Crippen molar-refractivity contribution in [3.05, 3.63) is 53.8 Å². The zero-order valence-corrected chi connectivity index (χ0v) is 10.6. The highest BCUT2D eigenvalue weighted by Crippen LogP contribution is 2.22. The van der Waals surface area contributed by atoms with Gasteiger partial charge in [0.1, 0.15) is 11.4 Å². The molecular formula is C14H11ClN2O. The predicted octanol–water partition coefficient (Wildman–Crippen LogP) is 3.66. The summed E-state index contributed by atoms with van der Waals surface area (Å²) >= 11 is 5.88. The van der Waals surface area contributed by atoms with Gasteiger partial charge in [-0.15, -0.1) is 0 Å². The number of rotatable bonds is 2. The van der Waals surface area contributed by atoms with Crippen LogP contribution in [0, 0.1) is 0 Å². The molecule has 0 atom stereocenters. The van der Waals surface area contributed by atoms with E-state index in [1.807, 2.05) is 53.2 Å². The number of methoxy groups -OCH3 is 1. The zero-order valence-electron chi connectivity index (χ0n) is 9.80. The first kappa shape index (κ1) is 11.1. The number of halogens is 1. The van der Waals surface area contributed by atoms with E-state index in [9.17, 15) is 0 Å². The summed E-state index contributed by atoms with van der Waals surface area (Å²) in [5, 5.41) is 0.726. The highest BCUT2D eigenvalue weighted by molar-refractivity contribution is 6.30. The summed E-state index contributed by atoms with van der Waals surface area (Å²) in [4.78, 5) is 4.55. The molecule has 0 aliphatic rings. The Bertz CT molecular complexity index is 689. The molecule has 0 amide bonds. The van der Waals surface area contributed by atoms with E-state index in [4.69, 9.17) is 16.3 Å². The van der Waals surface area contributed by atoms with Gasteiger partial charge in [0.25, 0.3) is 0 Å². The van der Waals surface area contributed by atoms with E-state index < -0.39 is 0 Å². The molecule has 0 bridgehead atoms. The monoisotopic (exact) mass is 258 g/mol. The van der Waals surface area contributed by atoms with Gasteiger partial charge in [0.2, 0.25) is 0 Å². The van der Waals surface area contributed by atoms with Gasteiger partial charge in [0.15, 0.2) is 0 Å². The molecule has 0 saturated carbocycles. The Morgan fingerprint density at radius 1 is 1.06 bits per heavy atom. The standard InChI is InChI=1S/C14H11ClN2O/c1-18-12-6-7-14-16-13(9-17(14)8-12)10-2-4-11(15)5-3-10/h2-9H,1H3. The fourth-order valence-corrected chi connectivity index (χ4v) is 1.98. The highest BCUT2D eigenvalue weighted by Gasteiger charge is 2.04. The minimum absolute atomic E-state index is 0.726. The normalized spacial score (nSPS) is 10.8. The third-order valence-electron chi connectivity index (χ3n) is 2.80. The highest BCUT2D eigenvalue weighted by atomic mass is 35.5. The van der Waals surface area contributed by atoms with Gasteiger partial charge in [0.05, 0.1) is 19.0 Å². The molecule has 0 radical (unpaired) electrons.